The van der Waals surface area contributed by atoms with Crippen molar-refractivity contribution < 1.29 is 4.74 Å². The number of hydrogen-bond donors (Lipinski definition) is 1. The third kappa shape index (κ3) is 3.27. The molecule has 1 N–H and O–H groups in total. The second-order valence-electron chi connectivity index (χ2n) is 5.21. The zero-order valence-electron chi connectivity index (χ0n) is 11.2. The molecule has 1 aliphatic carbocycles. The molecule has 0 spiro atoms. The molecule has 2 unspecified atom stereocenters. The normalized spacial score (nSPS) is 23.9. The molecule has 1 fully saturated rings. The van der Waals surface area contributed by atoms with E-state index in [4.69, 9.17) is 4.74 Å². The van der Waals surface area contributed by atoms with Crippen molar-refractivity contribution in [3.05, 3.63) is 28.2 Å². The van der Waals surface area contributed by atoms with Crippen LogP contribution in [0.2, 0.25) is 0 Å². The summed E-state index contributed by atoms with van der Waals surface area (Å²) in [7, 11) is 1.74. The molecular formula is C15H22BrNO. The van der Waals surface area contributed by atoms with Crippen LogP contribution >= 0.6 is 15.9 Å². The minimum Gasteiger partial charge on any atom is -0.382 e. The van der Waals surface area contributed by atoms with Gasteiger partial charge in [-0.05, 0) is 30.9 Å². The second-order valence-corrected chi connectivity index (χ2v) is 6.07. The maximum atomic E-state index is 5.30. The number of benzene rings is 1. The van der Waals surface area contributed by atoms with Gasteiger partial charge in [-0.1, -0.05) is 41.8 Å². The molecule has 1 aromatic rings. The van der Waals surface area contributed by atoms with Crippen molar-refractivity contribution >= 4 is 21.6 Å². The van der Waals surface area contributed by atoms with E-state index < -0.39 is 0 Å². The summed E-state index contributed by atoms with van der Waals surface area (Å²) in [6.07, 6.45) is 5.34. The van der Waals surface area contributed by atoms with E-state index in [2.05, 4.69) is 46.4 Å². The SMILES string of the molecule is COCc1c(Br)cccc1NC1CCCCC1C. The zero-order valence-corrected chi connectivity index (χ0v) is 12.8. The predicted molar refractivity (Wildman–Crippen MR) is 79.9 cm³/mol. The van der Waals surface area contributed by atoms with Crippen LogP contribution in [0.25, 0.3) is 0 Å². The van der Waals surface area contributed by atoms with Gasteiger partial charge >= 0.3 is 0 Å². The van der Waals surface area contributed by atoms with Crippen molar-refractivity contribution in [1.82, 2.24) is 0 Å². The van der Waals surface area contributed by atoms with Crippen molar-refractivity contribution in [2.24, 2.45) is 5.92 Å². The van der Waals surface area contributed by atoms with Crippen LogP contribution in [0, 0.1) is 5.92 Å². The Bertz CT molecular complexity index is 394. The fraction of sp³-hybridized carbons (Fsp3) is 0.600. The Balaban J connectivity index is 2.14. The number of nitrogens with one attached hydrogen (secondary N) is 1. The summed E-state index contributed by atoms with van der Waals surface area (Å²) in [6, 6.07) is 6.91. The Morgan fingerprint density at radius 1 is 1.33 bits per heavy atom. The summed E-state index contributed by atoms with van der Waals surface area (Å²) in [5.41, 5.74) is 2.43. The Kier molecular flexibility index (Phi) is 5.07. The second kappa shape index (κ2) is 6.58. The Labute approximate surface area is 118 Å². The first kappa shape index (κ1) is 13.9. The third-order valence-electron chi connectivity index (χ3n) is 3.86. The molecule has 2 rings (SSSR count). The monoisotopic (exact) mass is 311 g/mol. The molecule has 2 nitrogen and oxygen atoms in total. The molecule has 0 aromatic heterocycles. The van der Waals surface area contributed by atoms with E-state index in [1.807, 2.05) is 0 Å². The predicted octanol–water partition coefficient (Wildman–Crippen LogP) is 4.59. The van der Waals surface area contributed by atoms with Crippen molar-refractivity contribution in [3.8, 4) is 0 Å². The number of halogens is 1. The topological polar surface area (TPSA) is 21.3 Å². The van der Waals surface area contributed by atoms with Gasteiger partial charge in [0.15, 0.2) is 0 Å². The lowest BCUT2D eigenvalue weighted by Crippen LogP contribution is -2.30. The maximum Gasteiger partial charge on any atom is 0.0744 e. The Morgan fingerprint density at radius 3 is 2.83 bits per heavy atom. The third-order valence-corrected chi connectivity index (χ3v) is 4.60. The zero-order chi connectivity index (χ0) is 13.0. The smallest absolute Gasteiger partial charge is 0.0744 e. The van der Waals surface area contributed by atoms with Crippen molar-refractivity contribution in [2.45, 2.75) is 45.3 Å². The molecule has 1 aromatic carbocycles. The average molecular weight is 312 g/mol. The summed E-state index contributed by atoms with van der Waals surface area (Å²) < 4.78 is 6.42. The van der Waals surface area contributed by atoms with Gasteiger partial charge < -0.3 is 10.1 Å². The van der Waals surface area contributed by atoms with Crippen LogP contribution in [-0.4, -0.2) is 13.2 Å². The quantitative estimate of drug-likeness (QED) is 0.878. The minimum absolute atomic E-state index is 0.601. The fourth-order valence-electron chi connectivity index (χ4n) is 2.72. The highest BCUT2D eigenvalue weighted by Crippen LogP contribution is 2.31. The van der Waals surface area contributed by atoms with Crippen LogP contribution in [0.1, 0.15) is 38.2 Å². The highest BCUT2D eigenvalue weighted by atomic mass is 79.9. The van der Waals surface area contributed by atoms with Crippen LogP contribution in [0.3, 0.4) is 0 Å². The molecule has 100 valence electrons. The molecule has 3 heteroatoms. The van der Waals surface area contributed by atoms with Gasteiger partial charge in [-0.2, -0.15) is 0 Å². The van der Waals surface area contributed by atoms with Crippen LogP contribution < -0.4 is 5.32 Å². The van der Waals surface area contributed by atoms with Crippen LogP contribution in [0.4, 0.5) is 5.69 Å². The first-order chi connectivity index (χ1) is 8.72. The molecule has 0 radical (unpaired) electrons. The lowest BCUT2D eigenvalue weighted by Gasteiger charge is -2.31. The largest absolute Gasteiger partial charge is 0.382 e. The first-order valence-corrected chi connectivity index (χ1v) is 7.54. The van der Waals surface area contributed by atoms with Gasteiger partial charge in [-0.15, -0.1) is 0 Å². The number of rotatable bonds is 4. The van der Waals surface area contributed by atoms with E-state index in [0.29, 0.717) is 12.6 Å². The van der Waals surface area contributed by atoms with E-state index in [1.54, 1.807) is 7.11 Å². The minimum atomic E-state index is 0.601. The molecule has 0 heterocycles. The van der Waals surface area contributed by atoms with Crippen LogP contribution in [0.5, 0.6) is 0 Å². The van der Waals surface area contributed by atoms with Crippen molar-refractivity contribution in [2.75, 3.05) is 12.4 Å². The van der Waals surface area contributed by atoms with Crippen molar-refractivity contribution in [3.63, 3.8) is 0 Å². The van der Waals surface area contributed by atoms with E-state index in [1.165, 1.54) is 36.9 Å². The lowest BCUT2D eigenvalue weighted by atomic mass is 9.85. The molecule has 0 amide bonds. The number of methoxy groups -OCH3 is 1. The Morgan fingerprint density at radius 2 is 2.11 bits per heavy atom. The van der Waals surface area contributed by atoms with Gasteiger partial charge in [0.1, 0.15) is 0 Å². The lowest BCUT2D eigenvalue weighted by molar-refractivity contribution is 0.184. The molecule has 18 heavy (non-hydrogen) atoms. The number of hydrogen-bond acceptors (Lipinski definition) is 2. The Hall–Kier alpha value is -0.540. The van der Waals surface area contributed by atoms with Crippen LogP contribution in [0.15, 0.2) is 22.7 Å². The molecule has 1 aliphatic rings. The summed E-state index contributed by atoms with van der Waals surface area (Å²) in [6.45, 7) is 3.00. The molecule has 1 saturated carbocycles. The highest BCUT2D eigenvalue weighted by molar-refractivity contribution is 9.10. The van der Waals surface area contributed by atoms with E-state index in [9.17, 15) is 0 Å². The fourth-order valence-corrected chi connectivity index (χ4v) is 3.20. The van der Waals surface area contributed by atoms with Crippen molar-refractivity contribution in [1.29, 1.82) is 0 Å². The van der Waals surface area contributed by atoms with E-state index in [-0.39, 0.29) is 0 Å². The summed E-state index contributed by atoms with van der Waals surface area (Å²) in [5, 5.41) is 3.71. The van der Waals surface area contributed by atoms with Gasteiger partial charge in [0.25, 0.3) is 0 Å². The molecule has 0 saturated heterocycles. The molecule has 2 atom stereocenters. The summed E-state index contributed by atoms with van der Waals surface area (Å²) in [4.78, 5) is 0. The van der Waals surface area contributed by atoms with E-state index >= 15 is 0 Å². The number of ether oxygens (including phenoxy) is 1. The van der Waals surface area contributed by atoms with Gasteiger partial charge in [0.2, 0.25) is 0 Å². The van der Waals surface area contributed by atoms with Crippen LogP contribution in [-0.2, 0) is 11.3 Å². The van der Waals surface area contributed by atoms with Gasteiger partial charge in [0, 0.05) is 28.9 Å². The van der Waals surface area contributed by atoms with Gasteiger partial charge in [-0.25, -0.2) is 0 Å². The number of anilines is 1. The standard InChI is InChI=1S/C15H22BrNO/c1-11-6-3-4-8-14(11)17-15-9-5-7-13(16)12(15)10-18-2/h5,7,9,11,14,17H,3-4,6,8,10H2,1-2H3. The van der Waals surface area contributed by atoms with Gasteiger partial charge in [-0.3, -0.25) is 0 Å². The average Bonchev–Trinajstić information content (AvgIpc) is 2.36. The van der Waals surface area contributed by atoms with Gasteiger partial charge in [0.05, 0.1) is 6.61 Å². The highest BCUT2D eigenvalue weighted by Gasteiger charge is 2.21. The summed E-state index contributed by atoms with van der Waals surface area (Å²) in [5.74, 6) is 0.758. The maximum absolute atomic E-state index is 5.30. The molecular weight excluding hydrogens is 290 g/mol. The molecule has 0 bridgehead atoms. The van der Waals surface area contributed by atoms with E-state index in [0.717, 1.165) is 10.4 Å². The summed E-state index contributed by atoms with van der Waals surface area (Å²) >= 11 is 3.61. The molecule has 0 aliphatic heterocycles. The first-order valence-electron chi connectivity index (χ1n) is 6.75.